The molecule has 0 saturated heterocycles. The summed E-state index contributed by atoms with van der Waals surface area (Å²) in [5, 5.41) is 0. The predicted molar refractivity (Wildman–Crippen MR) is 78.7 cm³/mol. The zero-order chi connectivity index (χ0) is 14.0. The summed E-state index contributed by atoms with van der Waals surface area (Å²) in [7, 11) is 0. The Balaban J connectivity index is 2.88. The van der Waals surface area contributed by atoms with Gasteiger partial charge in [-0.15, -0.1) is 0 Å². The second-order valence-electron chi connectivity index (χ2n) is 5.47. The number of unbranched alkanes of at least 4 members (excludes halogenated alkanes) is 10. The maximum absolute atomic E-state index is 5.65. The molecule has 0 amide bonds. The molecule has 19 heavy (non-hydrogen) atoms. The van der Waals surface area contributed by atoms with Gasteiger partial charge in [0.05, 0.1) is 0 Å². The Morgan fingerprint density at radius 3 is 1.32 bits per heavy atom. The molecule has 0 atom stereocenters. The van der Waals surface area contributed by atoms with Gasteiger partial charge in [-0.05, 0) is 0 Å². The van der Waals surface area contributed by atoms with Crippen molar-refractivity contribution in [2.75, 3.05) is 13.2 Å². The van der Waals surface area contributed by atoms with E-state index in [1.807, 2.05) is 0 Å². The maximum atomic E-state index is 5.65. The third-order valence-electron chi connectivity index (χ3n) is 3.45. The van der Waals surface area contributed by atoms with Crippen LogP contribution < -0.4 is 0 Å². The molecule has 0 bridgehead atoms. The van der Waals surface area contributed by atoms with Crippen molar-refractivity contribution in [1.82, 2.24) is 0 Å². The van der Waals surface area contributed by atoms with E-state index >= 15 is 0 Å². The summed E-state index contributed by atoms with van der Waals surface area (Å²) in [6, 6.07) is 0. The van der Waals surface area contributed by atoms with Crippen molar-refractivity contribution in [3.05, 3.63) is 0 Å². The van der Waals surface area contributed by atoms with Gasteiger partial charge in [0.2, 0.25) is 0 Å². The van der Waals surface area contributed by atoms with Gasteiger partial charge >= 0.3 is 129 Å². The quantitative estimate of drug-likeness (QED) is 0.270. The molecule has 3 heteroatoms. The molecule has 0 aliphatic heterocycles. The topological polar surface area (TPSA) is 18.5 Å². The molecule has 0 aromatic heterocycles. The van der Waals surface area contributed by atoms with Gasteiger partial charge in [0.25, 0.3) is 0 Å². The van der Waals surface area contributed by atoms with E-state index < -0.39 is 17.8 Å². The van der Waals surface area contributed by atoms with Crippen molar-refractivity contribution in [1.29, 1.82) is 0 Å². The molecule has 0 fully saturated rings. The molecule has 0 aliphatic carbocycles. The first-order chi connectivity index (χ1) is 9.41. The van der Waals surface area contributed by atoms with Crippen molar-refractivity contribution in [3.8, 4) is 0 Å². The van der Waals surface area contributed by atoms with Crippen LogP contribution in [-0.2, 0) is 25.0 Å². The number of hydrogen-bond donors (Lipinski definition) is 0. The minimum atomic E-state index is -1.08. The van der Waals surface area contributed by atoms with E-state index in [2.05, 4.69) is 13.8 Å². The Morgan fingerprint density at radius 1 is 0.526 bits per heavy atom. The summed E-state index contributed by atoms with van der Waals surface area (Å²) >= 11 is -1.08. The molecule has 0 aliphatic rings. The SMILES string of the molecule is CCCCCCCC[O][Zn][O]CCCCCCCC. The summed E-state index contributed by atoms with van der Waals surface area (Å²) in [6.07, 6.45) is 16.1. The molecule has 0 N–H and O–H groups in total. The van der Waals surface area contributed by atoms with Crippen LogP contribution in [0.15, 0.2) is 0 Å². The summed E-state index contributed by atoms with van der Waals surface area (Å²) in [6.45, 7) is 6.42. The van der Waals surface area contributed by atoms with E-state index in [4.69, 9.17) is 7.13 Å². The average molecular weight is 324 g/mol. The third-order valence-corrected chi connectivity index (χ3v) is 5.36. The van der Waals surface area contributed by atoms with Crippen molar-refractivity contribution in [3.63, 3.8) is 0 Å². The van der Waals surface area contributed by atoms with E-state index in [0.717, 1.165) is 13.2 Å². The summed E-state index contributed by atoms with van der Waals surface area (Å²) < 4.78 is 11.3. The fourth-order valence-corrected chi connectivity index (χ4v) is 3.74. The van der Waals surface area contributed by atoms with Gasteiger partial charge in [0, 0.05) is 0 Å². The molecule has 0 rings (SSSR count). The van der Waals surface area contributed by atoms with E-state index in [1.54, 1.807) is 0 Å². The second kappa shape index (κ2) is 18.5. The van der Waals surface area contributed by atoms with Crippen molar-refractivity contribution < 1.29 is 25.0 Å². The Morgan fingerprint density at radius 2 is 0.895 bits per heavy atom. The normalized spacial score (nSPS) is 10.6. The van der Waals surface area contributed by atoms with Crippen LogP contribution in [0, 0.1) is 0 Å². The van der Waals surface area contributed by atoms with Crippen LogP contribution in [0.1, 0.15) is 90.9 Å². The van der Waals surface area contributed by atoms with Crippen LogP contribution in [-0.4, -0.2) is 13.2 Å². The van der Waals surface area contributed by atoms with Crippen LogP contribution in [0.3, 0.4) is 0 Å². The molecule has 2 nitrogen and oxygen atoms in total. The van der Waals surface area contributed by atoms with E-state index in [0.29, 0.717) is 0 Å². The fraction of sp³-hybridized carbons (Fsp3) is 1.00. The van der Waals surface area contributed by atoms with Crippen LogP contribution in [0.4, 0.5) is 0 Å². The first-order valence-corrected chi connectivity index (χ1v) is 11.0. The second-order valence-corrected chi connectivity index (χ2v) is 7.68. The van der Waals surface area contributed by atoms with Gasteiger partial charge < -0.3 is 0 Å². The molecule has 0 unspecified atom stereocenters. The molecular weight excluding hydrogens is 290 g/mol. The monoisotopic (exact) mass is 322 g/mol. The first-order valence-electron chi connectivity index (χ1n) is 8.57. The fourth-order valence-electron chi connectivity index (χ4n) is 2.15. The minimum absolute atomic E-state index is 0.947. The Labute approximate surface area is 129 Å². The van der Waals surface area contributed by atoms with Crippen LogP contribution >= 0.6 is 0 Å². The van der Waals surface area contributed by atoms with Crippen molar-refractivity contribution in [2.45, 2.75) is 90.9 Å². The molecule has 0 heterocycles. The Bertz CT molecular complexity index is 138. The summed E-state index contributed by atoms with van der Waals surface area (Å²) in [5.41, 5.74) is 0. The van der Waals surface area contributed by atoms with E-state index in [9.17, 15) is 0 Å². The van der Waals surface area contributed by atoms with Crippen LogP contribution in [0.2, 0.25) is 0 Å². The standard InChI is InChI=1S/2C8H17O.Zn/c2*1-2-3-4-5-6-7-8-9;/h2*2-8H2,1H3;/q2*-1;+2. The molecule has 0 aromatic rings. The summed E-state index contributed by atoms with van der Waals surface area (Å²) in [5.74, 6) is 0. The van der Waals surface area contributed by atoms with Gasteiger partial charge in [0.1, 0.15) is 0 Å². The van der Waals surface area contributed by atoms with Crippen LogP contribution in [0.25, 0.3) is 0 Å². The Hall–Kier alpha value is 0.543. The molecule has 0 spiro atoms. The van der Waals surface area contributed by atoms with E-state index in [1.165, 1.54) is 77.0 Å². The number of rotatable bonds is 16. The zero-order valence-corrected chi connectivity index (χ0v) is 16.4. The average Bonchev–Trinajstić information content (AvgIpc) is 2.43. The first kappa shape index (κ1) is 19.5. The molecular formula is C16H34O2Zn. The predicted octanol–water partition coefficient (Wildman–Crippen LogP) is 5.65. The molecule has 112 valence electrons. The zero-order valence-electron chi connectivity index (χ0n) is 13.4. The van der Waals surface area contributed by atoms with Gasteiger partial charge in [0.15, 0.2) is 0 Å². The summed E-state index contributed by atoms with van der Waals surface area (Å²) in [4.78, 5) is 0. The Kier molecular flexibility index (Phi) is 19.1. The van der Waals surface area contributed by atoms with Gasteiger partial charge in [-0.1, -0.05) is 0 Å². The van der Waals surface area contributed by atoms with Gasteiger partial charge in [-0.2, -0.15) is 0 Å². The van der Waals surface area contributed by atoms with Gasteiger partial charge in [-0.25, -0.2) is 0 Å². The van der Waals surface area contributed by atoms with Crippen molar-refractivity contribution in [2.24, 2.45) is 0 Å². The molecule has 0 aromatic carbocycles. The molecule has 0 radical (unpaired) electrons. The molecule has 0 saturated carbocycles. The van der Waals surface area contributed by atoms with Gasteiger partial charge in [-0.3, -0.25) is 0 Å². The van der Waals surface area contributed by atoms with E-state index in [-0.39, 0.29) is 0 Å². The van der Waals surface area contributed by atoms with Crippen molar-refractivity contribution >= 4 is 0 Å². The van der Waals surface area contributed by atoms with Crippen LogP contribution in [0.5, 0.6) is 0 Å². The third kappa shape index (κ3) is 18.5. The number of hydrogen-bond acceptors (Lipinski definition) is 2.